The highest BCUT2D eigenvalue weighted by atomic mass is 32.2. The van der Waals surface area contributed by atoms with Gasteiger partial charge in [-0.3, -0.25) is 4.98 Å². The predicted molar refractivity (Wildman–Crippen MR) is 86.9 cm³/mol. The highest BCUT2D eigenvalue weighted by molar-refractivity contribution is 7.98. The van der Waals surface area contributed by atoms with Crippen LogP contribution in [0.15, 0.2) is 59.6 Å². The number of nitrogens with two attached hydrogens (primary N) is 1. The van der Waals surface area contributed by atoms with E-state index < -0.39 is 0 Å². The molecule has 2 aromatic carbocycles. The molecule has 0 amide bonds. The molecule has 0 radical (unpaired) electrons. The maximum Gasteiger partial charge on any atom is 0.0714 e. The van der Waals surface area contributed by atoms with Gasteiger partial charge in [-0.25, -0.2) is 0 Å². The number of aryl methyl sites for hydroxylation is 1. The molecule has 100 valence electrons. The van der Waals surface area contributed by atoms with Crippen LogP contribution in [0.5, 0.6) is 0 Å². The van der Waals surface area contributed by atoms with E-state index in [2.05, 4.69) is 42.2 Å². The summed E-state index contributed by atoms with van der Waals surface area (Å²) in [5, 5.41) is 1.13. The van der Waals surface area contributed by atoms with E-state index in [1.165, 1.54) is 11.1 Å². The average Bonchev–Trinajstić information content (AvgIpc) is 2.46. The Morgan fingerprint density at radius 3 is 2.80 bits per heavy atom. The van der Waals surface area contributed by atoms with E-state index in [-0.39, 0.29) is 0 Å². The first-order valence-electron chi connectivity index (χ1n) is 6.55. The van der Waals surface area contributed by atoms with Gasteiger partial charge in [-0.15, -0.1) is 11.8 Å². The molecule has 3 rings (SSSR count). The maximum absolute atomic E-state index is 6.10. The highest BCUT2D eigenvalue weighted by Crippen LogP contribution is 2.34. The number of rotatable bonds is 3. The summed E-state index contributed by atoms with van der Waals surface area (Å²) in [5.41, 5.74) is 10.4. The quantitative estimate of drug-likeness (QED) is 0.722. The summed E-state index contributed by atoms with van der Waals surface area (Å²) in [4.78, 5) is 5.49. The van der Waals surface area contributed by atoms with Crippen LogP contribution in [0, 0.1) is 6.92 Å². The Morgan fingerprint density at radius 2 is 1.95 bits per heavy atom. The van der Waals surface area contributed by atoms with Crippen molar-refractivity contribution in [3.63, 3.8) is 0 Å². The van der Waals surface area contributed by atoms with Crippen LogP contribution in [0.4, 0.5) is 5.69 Å². The first-order chi connectivity index (χ1) is 9.74. The lowest BCUT2D eigenvalue weighted by atomic mass is 10.2. The third kappa shape index (κ3) is 2.63. The molecule has 2 N–H and O–H groups in total. The SMILES string of the molecule is Cc1cccc(CSc2c(N)cnc3ccccc23)c1. The molecule has 1 aromatic heterocycles. The van der Waals surface area contributed by atoms with Crippen molar-refractivity contribution in [3.05, 3.63) is 65.9 Å². The van der Waals surface area contributed by atoms with Crippen LogP contribution in [-0.4, -0.2) is 4.98 Å². The number of para-hydroxylation sites is 1. The Labute approximate surface area is 123 Å². The van der Waals surface area contributed by atoms with Gasteiger partial charge >= 0.3 is 0 Å². The first-order valence-corrected chi connectivity index (χ1v) is 7.54. The zero-order chi connectivity index (χ0) is 13.9. The number of aromatic nitrogens is 1. The minimum absolute atomic E-state index is 0.751. The second-order valence-electron chi connectivity index (χ2n) is 4.84. The fourth-order valence-electron chi connectivity index (χ4n) is 2.25. The van der Waals surface area contributed by atoms with Crippen LogP contribution in [0.1, 0.15) is 11.1 Å². The van der Waals surface area contributed by atoms with Gasteiger partial charge < -0.3 is 5.73 Å². The summed E-state index contributed by atoms with van der Waals surface area (Å²) >= 11 is 1.77. The molecule has 0 saturated heterocycles. The van der Waals surface area contributed by atoms with E-state index in [4.69, 9.17) is 5.73 Å². The zero-order valence-electron chi connectivity index (χ0n) is 11.3. The van der Waals surface area contributed by atoms with Crippen LogP contribution < -0.4 is 5.73 Å². The molecule has 2 nitrogen and oxygen atoms in total. The summed E-state index contributed by atoms with van der Waals surface area (Å²) in [6.45, 7) is 2.12. The van der Waals surface area contributed by atoms with E-state index in [1.54, 1.807) is 18.0 Å². The van der Waals surface area contributed by atoms with Crippen LogP contribution in [-0.2, 0) is 5.75 Å². The van der Waals surface area contributed by atoms with E-state index in [0.29, 0.717) is 0 Å². The van der Waals surface area contributed by atoms with Crippen molar-refractivity contribution in [1.82, 2.24) is 4.98 Å². The van der Waals surface area contributed by atoms with Crippen LogP contribution in [0.25, 0.3) is 10.9 Å². The molecule has 0 saturated carbocycles. The van der Waals surface area contributed by atoms with Gasteiger partial charge in [0, 0.05) is 16.0 Å². The van der Waals surface area contributed by atoms with E-state index in [0.717, 1.165) is 27.2 Å². The average molecular weight is 280 g/mol. The largest absolute Gasteiger partial charge is 0.397 e. The fourth-order valence-corrected chi connectivity index (χ4v) is 3.29. The minimum Gasteiger partial charge on any atom is -0.397 e. The number of hydrogen-bond donors (Lipinski definition) is 1. The highest BCUT2D eigenvalue weighted by Gasteiger charge is 2.07. The standard InChI is InChI=1S/C17H16N2S/c1-12-5-4-6-13(9-12)11-20-17-14-7-2-3-8-16(14)19-10-15(17)18/h2-10H,11,18H2,1H3. The molecule has 0 aliphatic carbocycles. The van der Waals surface area contributed by atoms with Crippen molar-refractivity contribution in [1.29, 1.82) is 0 Å². The molecule has 0 aliphatic rings. The number of thioether (sulfide) groups is 1. The number of nitrogen functional groups attached to an aromatic ring is 1. The van der Waals surface area contributed by atoms with E-state index >= 15 is 0 Å². The number of anilines is 1. The number of fused-ring (bicyclic) bond motifs is 1. The lowest BCUT2D eigenvalue weighted by Gasteiger charge is -2.09. The molecule has 0 aliphatic heterocycles. The smallest absolute Gasteiger partial charge is 0.0714 e. The predicted octanol–water partition coefficient (Wildman–Crippen LogP) is 4.42. The summed E-state index contributed by atoms with van der Waals surface area (Å²) in [7, 11) is 0. The second kappa shape index (κ2) is 5.55. The molecular weight excluding hydrogens is 264 g/mol. The van der Waals surface area contributed by atoms with Gasteiger partial charge in [0.2, 0.25) is 0 Å². The molecule has 3 heteroatoms. The van der Waals surface area contributed by atoms with Crippen molar-refractivity contribution in [3.8, 4) is 0 Å². The molecule has 20 heavy (non-hydrogen) atoms. The van der Waals surface area contributed by atoms with Gasteiger partial charge in [0.05, 0.1) is 17.4 Å². The first kappa shape index (κ1) is 13.0. The van der Waals surface area contributed by atoms with Gasteiger partial charge in [0.15, 0.2) is 0 Å². The Bertz CT molecular complexity index is 753. The lowest BCUT2D eigenvalue weighted by molar-refractivity contribution is 1.33. The molecule has 0 bridgehead atoms. The van der Waals surface area contributed by atoms with Gasteiger partial charge in [-0.05, 0) is 18.6 Å². The topological polar surface area (TPSA) is 38.9 Å². The summed E-state index contributed by atoms with van der Waals surface area (Å²) in [5.74, 6) is 0.917. The monoisotopic (exact) mass is 280 g/mol. The van der Waals surface area contributed by atoms with Gasteiger partial charge in [-0.1, -0.05) is 48.0 Å². The molecule has 0 fully saturated rings. The number of hydrogen-bond acceptors (Lipinski definition) is 3. The Balaban J connectivity index is 1.92. The zero-order valence-corrected chi connectivity index (χ0v) is 12.2. The van der Waals surface area contributed by atoms with Gasteiger partial charge in [-0.2, -0.15) is 0 Å². The van der Waals surface area contributed by atoms with Gasteiger partial charge in [0.1, 0.15) is 0 Å². The second-order valence-corrected chi connectivity index (χ2v) is 5.82. The van der Waals surface area contributed by atoms with Crippen molar-refractivity contribution >= 4 is 28.4 Å². The Hall–Kier alpha value is -2.00. The van der Waals surface area contributed by atoms with Crippen LogP contribution >= 0.6 is 11.8 Å². The third-order valence-corrected chi connectivity index (χ3v) is 4.44. The fraction of sp³-hybridized carbons (Fsp3) is 0.118. The Morgan fingerprint density at radius 1 is 1.10 bits per heavy atom. The van der Waals surface area contributed by atoms with E-state index in [9.17, 15) is 0 Å². The molecule has 0 atom stereocenters. The van der Waals surface area contributed by atoms with Gasteiger partial charge in [0.25, 0.3) is 0 Å². The molecule has 3 aromatic rings. The molecule has 0 unspecified atom stereocenters. The lowest BCUT2D eigenvalue weighted by Crippen LogP contribution is -1.93. The van der Waals surface area contributed by atoms with E-state index in [1.807, 2.05) is 18.2 Å². The van der Waals surface area contributed by atoms with Crippen LogP contribution in [0.3, 0.4) is 0 Å². The Kier molecular flexibility index (Phi) is 3.61. The number of benzene rings is 2. The summed E-state index contributed by atoms with van der Waals surface area (Å²) < 4.78 is 0. The minimum atomic E-state index is 0.751. The summed E-state index contributed by atoms with van der Waals surface area (Å²) in [6, 6.07) is 16.7. The molecular formula is C17H16N2S. The van der Waals surface area contributed by atoms with Crippen molar-refractivity contribution in [2.45, 2.75) is 17.6 Å². The normalized spacial score (nSPS) is 10.8. The van der Waals surface area contributed by atoms with Crippen molar-refractivity contribution in [2.75, 3.05) is 5.73 Å². The molecule has 0 spiro atoms. The number of nitrogens with zero attached hydrogens (tertiary/aromatic N) is 1. The third-order valence-electron chi connectivity index (χ3n) is 3.22. The summed E-state index contributed by atoms with van der Waals surface area (Å²) in [6.07, 6.45) is 1.75. The van der Waals surface area contributed by atoms with Crippen LogP contribution in [0.2, 0.25) is 0 Å². The van der Waals surface area contributed by atoms with Crippen molar-refractivity contribution in [2.24, 2.45) is 0 Å². The number of pyridine rings is 1. The molecule has 1 heterocycles. The van der Waals surface area contributed by atoms with Crippen molar-refractivity contribution < 1.29 is 0 Å². The maximum atomic E-state index is 6.10.